The molecule has 0 bridgehead atoms. The van der Waals surface area contributed by atoms with Crippen LogP contribution in [-0.2, 0) is 35.1 Å². The van der Waals surface area contributed by atoms with E-state index in [4.69, 9.17) is 15.2 Å². The largest absolute Gasteiger partial charge is 0.458 e. The normalized spacial score (nSPS) is 13.9. The highest BCUT2D eigenvalue weighted by Crippen LogP contribution is 2.33. The van der Waals surface area contributed by atoms with Crippen molar-refractivity contribution in [2.24, 2.45) is 5.73 Å². The van der Waals surface area contributed by atoms with Crippen LogP contribution in [0.4, 0.5) is 4.79 Å². The lowest BCUT2D eigenvalue weighted by Gasteiger charge is -2.43. The van der Waals surface area contributed by atoms with E-state index in [1.54, 1.807) is 68.4 Å². The maximum Gasteiger partial charge on any atom is 0.408 e. The quantitative estimate of drug-likeness (QED) is 0.294. The van der Waals surface area contributed by atoms with E-state index in [1.807, 2.05) is 56.3 Å². The third kappa shape index (κ3) is 12.4. The monoisotopic (exact) mass is 652 g/mol. The summed E-state index contributed by atoms with van der Waals surface area (Å²) < 4.78 is 11.1. The number of carbonyl (C=O) groups is 5. The highest BCUT2D eigenvalue weighted by atomic mass is 16.6. The Labute approximate surface area is 278 Å². The van der Waals surface area contributed by atoms with Crippen molar-refractivity contribution in [2.75, 3.05) is 0 Å². The SMILES string of the molecule is Cc1ccc(C(C(=O)NC(Cc2ccccc2)C(=O)OC(C)(C)C)N(C(=O)C(CC(N)=O)NC(=O)OC(C)(C)C)C(C)(C)C)c(C)c1. The van der Waals surface area contributed by atoms with Crippen molar-refractivity contribution in [2.45, 2.75) is 124 Å². The van der Waals surface area contributed by atoms with Crippen LogP contribution in [0.15, 0.2) is 48.5 Å². The summed E-state index contributed by atoms with van der Waals surface area (Å²) >= 11 is 0. The van der Waals surface area contributed by atoms with Gasteiger partial charge in [0, 0.05) is 12.0 Å². The molecule has 0 saturated heterocycles. The van der Waals surface area contributed by atoms with Crippen LogP contribution >= 0.6 is 0 Å². The number of nitrogens with one attached hydrogen (secondary N) is 2. The molecule has 0 spiro atoms. The van der Waals surface area contributed by atoms with Gasteiger partial charge in [-0.2, -0.15) is 0 Å². The van der Waals surface area contributed by atoms with Gasteiger partial charge in [0.25, 0.3) is 0 Å². The molecule has 11 heteroatoms. The predicted molar refractivity (Wildman–Crippen MR) is 180 cm³/mol. The van der Waals surface area contributed by atoms with Crippen LogP contribution < -0.4 is 16.4 Å². The van der Waals surface area contributed by atoms with E-state index in [9.17, 15) is 24.0 Å². The Hall–Kier alpha value is -4.41. The Bertz CT molecular complexity index is 1440. The molecule has 258 valence electrons. The molecule has 0 radical (unpaired) electrons. The second kappa shape index (κ2) is 15.5. The highest BCUT2D eigenvalue weighted by molar-refractivity contribution is 5.96. The first-order valence-electron chi connectivity index (χ1n) is 15.7. The van der Waals surface area contributed by atoms with Crippen LogP contribution in [0.2, 0.25) is 0 Å². The number of amides is 4. The number of benzene rings is 2. The summed E-state index contributed by atoms with van der Waals surface area (Å²) in [5.74, 6) is -2.86. The molecule has 2 aromatic carbocycles. The molecule has 4 amide bonds. The number of nitrogens with zero attached hydrogens (tertiary/aromatic N) is 1. The number of hydrogen-bond acceptors (Lipinski definition) is 7. The molecule has 0 fully saturated rings. The van der Waals surface area contributed by atoms with Gasteiger partial charge in [-0.3, -0.25) is 14.4 Å². The number of esters is 1. The van der Waals surface area contributed by atoms with Gasteiger partial charge in [0.2, 0.25) is 17.7 Å². The van der Waals surface area contributed by atoms with Gasteiger partial charge in [-0.05, 0) is 92.9 Å². The van der Waals surface area contributed by atoms with Gasteiger partial charge < -0.3 is 30.7 Å². The second-order valence-electron chi connectivity index (χ2n) is 14.8. The van der Waals surface area contributed by atoms with Crippen molar-refractivity contribution in [1.29, 1.82) is 0 Å². The molecule has 47 heavy (non-hydrogen) atoms. The first-order valence-corrected chi connectivity index (χ1v) is 15.7. The number of ether oxygens (including phenoxy) is 2. The fourth-order valence-corrected chi connectivity index (χ4v) is 5.06. The van der Waals surface area contributed by atoms with E-state index in [2.05, 4.69) is 10.6 Å². The topological polar surface area (TPSA) is 157 Å². The number of hydrogen-bond donors (Lipinski definition) is 3. The molecule has 11 nitrogen and oxygen atoms in total. The summed E-state index contributed by atoms with van der Waals surface area (Å²) in [6.07, 6.45) is -1.33. The predicted octanol–water partition coefficient (Wildman–Crippen LogP) is 4.81. The van der Waals surface area contributed by atoms with Gasteiger partial charge in [0.15, 0.2) is 0 Å². The van der Waals surface area contributed by atoms with Gasteiger partial charge in [-0.25, -0.2) is 9.59 Å². The molecule has 3 atom stereocenters. The number of nitrogens with two attached hydrogens (primary N) is 1. The Morgan fingerprint density at radius 2 is 1.36 bits per heavy atom. The zero-order chi connectivity index (χ0) is 35.9. The zero-order valence-corrected chi connectivity index (χ0v) is 29.6. The van der Waals surface area contributed by atoms with Crippen LogP contribution in [0, 0.1) is 13.8 Å². The van der Waals surface area contributed by atoms with E-state index >= 15 is 0 Å². The van der Waals surface area contributed by atoms with Crippen LogP contribution in [0.5, 0.6) is 0 Å². The zero-order valence-electron chi connectivity index (χ0n) is 29.6. The Kier molecular flexibility index (Phi) is 12.7. The Morgan fingerprint density at radius 1 is 0.787 bits per heavy atom. The first kappa shape index (κ1) is 38.8. The lowest BCUT2D eigenvalue weighted by Crippen LogP contribution is -2.60. The molecule has 0 aliphatic carbocycles. The van der Waals surface area contributed by atoms with Crippen molar-refractivity contribution in [1.82, 2.24) is 15.5 Å². The average Bonchev–Trinajstić information content (AvgIpc) is 2.88. The van der Waals surface area contributed by atoms with E-state index in [-0.39, 0.29) is 6.42 Å². The fraction of sp³-hybridized carbons (Fsp3) is 0.528. The van der Waals surface area contributed by atoms with Gasteiger partial charge in [-0.1, -0.05) is 54.1 Å². The average molecular weight is 653 g/mol. The lowest BCUT2D eigenvalue weighted by molar-refractivity contribution is -0.159. The van der Waals surface area contributed by atoms with Gasteiger partial charge >= 0.3 is 12.1 Å². The number of primary amides is 1. The third-order valence-corrected chi connectivity index (χ3v) is 6.87. The summed E-state index contributed by atoms with van der Waals surface area (Å²) in [5.41, 5.74) is 5.71. The van der Waals surface area contributed by atoms with Crippen molar-refractivity contribution < 1.29 is 33.4 Å². The minimum absolute atomic E-state index is 0.134. The Balaban J connectivity index is 2.71. The van der Waals surface area contributed by atoms with Crippen molar-refractivity contribution in [3.8, 4) is 0 Å². The molecule has 0 heterocycles. The van der Waals surface area contributed by atoms with Gasteiger partial charge in [-0.15, -0.1) is 0 Å². The summed E-state index contributed by atoms with van der Waals surface area (Å²) in [5, 5.41) is 5.36. The molecular formula is C36H52N4O7. The molecule has 0 aliphatic heterocycles. The molecule has 2 rings (SSSR count). The summed E-state index contributed by atoms with van der Waals surface area (Å²) in [6, 6.07) is 10.8. The molecule has 4 N–H and O–H groups in total. The number of aryl methyl sites for hydroxylation is 2. The Morgan fingerprint density at radius 3 is 1.85 bits per heavy atom. The summed E-state index contributed by atoms with van der Waals surface area (Å²) in [6.45, 7) is 19.1. The van der Waals surface area contributed by atoms with Crippen molar-refractivity contribution in [3.63, 3.8) is 0 Å². The molecular weight excluding hydrogens is 600 g/mol. The minimum Gasteiger partial charge on any atom is -0.458 e. The molecule has 0 aromatic heterocycles. The smallest absolute Gasteiger partial charge is 0.408 e. The molecule has 2 aromatic rings. The van der Waals surface area contributed by atoms with Crippen LogP contribution in [0.3, 0.4) is 0 Å². The molecule has 0 aliphatic rings. The summed E-state index contributed by atoms with van der Waals surface area (Å²) in [4.78, 5) is 68.9. The third-order valence-electron chi connectivity index (χ3n) is 6.87. The van der Waals surface area contributed by atoms with Crippen LogP contribution in [0.1, 0.15) is 97.0 Å². The molecule has 0 saturated carbocycles. The van der Waals surface area contributed by atoms with Crippen molar-refractivity contribution >= 4 is 29.8 Å². The van der Waals surface area contributed by atoms with Crippen LogP contribution in [0.25, 0.3) is 0 Å². The number of alkyl carbamates (subject to hydrolysis) is 1. The standard InChI is InChI=1S/C36H52N4O7/c1-22-17-18-25(23(2)19-22)29(30(42)38-27(32(44)46-35(6,7)8)20-24-15-13-12-14-16-24)40(34(3,4)5)31(43)26(21-28(37)41)39-33(45)47-36(9,10)11/h12-19,26-27,29H,20-21H2,1-11H3,(H2,37,41)(H,38,42)(H,39,45). The first-order chi connectivity index (χ1) is 21.5. The second-order valence-corrected chi connectivity index (χ2v) is 14.8. The van der Waals surface area contributed by atoms with E-state index < -0.39 is 71.1 Å². The van der Waals surface area contributed by atoms with Crippen LogP contribution in [-0.4, -0.2) is 63.5 Å². The maximum absolute atomic E-state index is 14.6. The maximum atomic E-state index is 14.6. The van der Waals surface area contributed by atoms with Crippen molar-refractivity contribution in [3.05, 3.63) is 70.8 Å². The minimum atomic E-state index is -1.45. The van der Waals surface area contributed by atoms with E-state index in [1.165, 1.54) is 4.90 Å². The van der Waals surface area contributed by atoms with Gasteiger partial charge in [0.1, 0.15) is 29.3 Å². The van der Waals surface area contributed by atoms with E-state index in [0.29, 0.717) is 5.56 Å². The van der Waals surface area contributed by atoms with E-state index in [0.717, 1.165) is 16.7 Å². The summed E-state index contributed by atoms with van der Waals surface area (Å²) in [7, 11) is 0. The highest BCUT2D eigenvalue weighted by Gasteiger charge is 2.44. The number of rotatable bonds is 11. The fourth-order valence-electron chi connectivity index (χ4n) is 5.06. The lowest BCUT2D eigenvalue weighted by atomic mass is 9.91. The van der Waals surface area contributed by atoms with Gasteiger partial charge in [0.05, 0.1) is 6.42 Å². The number of carbonyl (C=O) groups excluding carboxylic acids is 5. The molecule has 3 unspecified atom stereocenters.